The molecular formula is C28H43N5O3S2. The van der Waals surface area contributed by atoms with Gasteiger partial charge >= 0.3 is 0 Å². The Morgan fingerprint density at radius 1 is 1.16 bits per heavy atom. The van der Waals surface area contributed by atoms with E-state index in [1.54, 1.807) is 35.2 Å². The van der Waals surface area contributed by atoms with Crippen LogP contribution in [0.5, 0.6) is 0 Å². The molecule has 38 heavy (non-hydrogen) atoms. The van der Waals surface area contributed by atoms with Crippen LogP contribution in [0.3, 0.4) is 0 Å². The molecule has 0 unspecified atom stereocenters. The molecule has 1 aromatic carbocycles. The molecule has 2 amide bonds. The monoisotopic (exact) mass is 561 g/mol. The summed E-state index contributed by atoms with van der Waals surface area (Å²) in [7, 11) is 4.14. The lowest BCUT2D eigenvalue weighted by molar-refractivity contribution is -0.129. The van der Waals surface area contributed by atoms with E-state index in [0.29, 0.717) is 24.8 Å². The highest BCUT2D eigenvalue weighted by molar-refractivity contribution is 7.98. The third-order valence-corrected chi connectivity index (χ3v) is 8.67. The smallest absolute Gasteiger partial charge is 0.252 e. The first kappa shape index (κ1) is 30.4. The minimum Gasteiger partial charge on any atom is -0.394 e. The summed E-state index contributed by atoms with van der Waals surface area (Å²) in [5.41, 5.74) is 1.42. The van der Waals surface area contributed by atoms with Crippen molar-refractivity contribution >= 4 is 40.0 Å². The number of hydrogen-bond donors (Lipinski definition) is 3. The number of hydrogen-bond acceptors (Lipinski definition) is 8. The molecule has 1 aliphatic rings. The van der Waals surface area contributed by atoms with Crippen LogP contribution in [0.25, 0.3) is 11.3 Å². The van der Waals surface area contributed by atoms with Crippen molar-refractivity contribution in [2.24, 2.45) is 0 Å². The van der Waals surface area contributed by atoms with E-state index in [2.05, 4.69) is 46.8 Å². The van der Waals surface area contributed by atoms with Crippen molar-refractivity contribution in [2.45, 2.75) is 57.0 Å². The van der Waals surface area contributed by atoms with Crippen LogP contribution in [0.2, 0.25) is 0 Å². The second kappa shape index (κ2) is 14.9. The molecule has 0 spiro atoms. The maximum absolute atomic E-state index is 13.4. The fourth-order valence-corrected chi connectivity index (χ4v) is 6.14. The highest BCUT2D eigenvalue weighted by Gasteiger charge is 2.41. The van der Waals surface area contributed by atoms with Crippen LogP contribution in [0.15, 0.2) is 29.6 Å². The van der Waals surface area contributed by atoms with Crippen LogP contribution < -0.4 is 15.5 Å². The molecule has 210 valence electrons. The van der Waals surface area contributed by atoms with E-state index in [0.717, 1.165) is 61.0 Å². The van der Waals surface area contributed by atoms with Crippen LogP contribution >= 0.6 is 23.1 Å². The lowest BCUT2D eigenvalue weighted by Crippen LogP contribution is -2.61. The number of thioether (sulfide) groups is 1. The number of aliphatic hydroxyl groups excluding tert-OH is 1. The number of thiazole rings is 1. The van der Waals surface area contributed by atoms with Gasteiger partial charge in [-0.05, 0) is 64.4 Å². The summed E-state index contributed by atoms with van der Waals surface area (Å²) in [6.45, 7) is 4.80. The van der Waals surface area contributed by atoms with Crippen molar-refractivity contribution in [1.82, 2.24) is 20.5 Å². The van der Waals surface area contributed by atoms with Crippen LogP contribution in [0.4, 0.5) is 5.13 Å². The summed E-state index contributed by atoms with van der Waals surface area (Å²) >= 11 is 3.31. The van der Waals surface area contributed by atoms with Crippen LogP contribution in [-0.2, 0) is 4.79 Å². The van der Waals surface area contributed by atoms with E-state index in [9.17, 15) is 14.7 Å². The van der Waals surface area contributed by atoms with E-state index in [1.807, 2.05) is 18.4 Å². The number of nitrogens with zero attached hydrogens (tertiary/aromatic N) is 3. The molecule has 10 heteroatoms. The second-order valence-corrected chi connectivity index (χ2v) is 12.0. The Labute approximate surface area is 235 Å². The summed E-state index contributed by atoms with van der Waals surface area (Å²) in [4.78, 5) is 35.9. The molecule has 0 aliphatic heterocycles. The van der Waals surface area contributed by atoms with E-state index in [4.69, 9.17) is 4.98 Å². The van der Waals surface area contributed by atoms with E-state index in [-0.39, 0.29) is 24.5 Å². The molecule has 1 aromatic heterocycles. The minimum absolute atomic E-state index is 0.109. The molecule has 1 atom stereocenters. The van der Waals surface area contributed by atoms with Gasteiger partial charge in [-0.3, -0.25) is 9.59 Å². The van der Waals surface area contributed by atoms with Gasteiger partial charge in [0.25, 0.3) is 5.91 Å². The van der Waals surface area contributed by atoms with Gasteiger partial charge in [-0.25, -0.2) is 4.98 Å². The molecule has 1 fully saturated rings. The van der Waals surface area contributed by atoms with Gasteiger partial charge in [-0.15, -0.1) is 11.3 Å². The highest BCUT2D eigenvalue weighted by Crippen LogP contribution is 2.30. The number of carbonyl (C=O) groups is 2. The number of amides is 2. The quantitative estimate of drug-likeness (QED) is 0.322. The molecule has 3 N–H and O–H groups in total. The molecule has 2 aromatic rings. The molecule has 1 heterocycles. The minimum atomic E-state index is -0.944. The Kier molecular flexibility index (Phi) is 11.9. The largest absolute Gasteiger partial charge is 0.394 e. The second-order valence-electron chi connectivity index (χ2n) is 10.2. The normalized spacial score (nSPS) is 15.7. The maximum Gasteiger partial charge on any atom is 0.252 e. The molecule has 3 rings (SSSR count). The van der Waals surface area contributed by atoms with Gasteiger partial charge in [0, 0.05) is 36.1 Å². The molecular weight excluding hydrogens is 518 g/mol. The Morgan fingerprint density at radius 2 is 1.87 bits per heavy atom. The maximum atomic E-state index is 13.4. The zero-order valence-electron chi connectivity index (χ0n) is 23.2. The highest BCUT2D eigenvalue weighted by atomic mass is 32.2. The predicted octanol–water partition coefficient (Wildman–Crippen LogP) is 3.86. The average molecular weight is 562 g/mol. The fraction of sp³-hybridized carbons (Fsp3) is 0.607. The number of aromatic nitrogens is 1. The summed E-state index contributed by atoms with van der Waals surface area (Å²) in [6, 6.07) is 7.14. The van der Waals surface area contributed by atoms with E-state index < -0.39 is 5.54 Å². The SMILES string of the molecule is CCN(CCN(C)C)c1nc(-c2ccc(C(=O)NC3(C(=O)N[C@H](CO)CCSC)CCCCC3)cc2)cs1. The Morgan fingerprint density at radius 3 is 2.47 bits per heavy atom. The lowest BCUT2D eigenvalue weighted by atomic mass is 9.80. The van der Waals surface area contributed by atoms with Gasteiger partial charge in [-0.2, -0.15) is 11.8 Å². The van der Waals surface area contributed by atoms with Gasteiger partial charge in [0.15, 0.2) is 5.13 Å². The van der Waals surface area contributed by atoms with Crippen molar-refractivity contribution in [2.75, 3.05) is 57.2 Å². The van der Waals surface area contributed by atoms with Gasteiger partial charge in [0.2, 0.25) is 5.91 Å². The summed E-state index contributed by atoms with van der Waals surface area (Å²) in [5, 5.41) is 18.9. The average Bonchev–Trinajstić information content (AvgIpc) is 3.41. The zero-order chi connectivity index (χ0) is 27.5. The Bertz CT molecular complexity index is 1020. The number of nitrogens with one attached hydrogen (secondary N) is 2. The fourth-order valence-electron chi connectivity index (χ4n) is 4.69. The van der Waals surface area contributed by atoms with Crippen molar-refractivity contribution in [1.29, 1.82) is 0 Å². The summed E-state index contributed by atoms with van der Waals surface area (Å²) < 4.78 is 0. The topological polar surface area (TPSA) is 97.8 Å². The first-order valence-electron chi connectivity index (χ1n) is 13.5. The number of likely N-dealkylation sites (N-methyl/N-ethyl adjacent to an activating group) is 2. The molecule has 0 saturated heterocycles. The molecule has 0 radical (unpaired) electrons. The molecule has 1 aliphatic carbocycles. The first-order chi connectivity index (χ1) is 18.3. The predicted molar refractivity (Wildman–Crippen MR) is 159 cm³/mol. The van der Waals surface area contributed by atoms with Crippen LogP contribution in [0.1, 0.15) is 55.8 Å². The molecule has 0 bridgehead atoms. The van der Waals surface area contributed by atoms with Gasteiger partial charge in [0.1, 0.15) is 5.54 Å². The number of anilines is 1. The van der Waals surface area contributed by atoms with Crippen molar-refractivity contribution in [3.63, 3.8) is 0 Å². The van der Waals surface area contributed by atoms with Crippen LogP contribution in [0, 0.1) is 0 Å². The van der Waals surface area contributed by atoms with Crippen molar-refractivity contribution in [3.05, 3.63) is 35.2 Å². The van der Waals surface area contributed by atoms with E-state index in [1.165, 1.54) is 0 Å². The molecule has 1 saturated carbocycles. The van der Waals surface area contributed by atoms with E-state index >= 15 is 0 Å². The Hall–Kier alpha value is -2.14. The van der Waals surface area contributed by atoms with Gasteiger partial charge in [0.05, 0.1) is 18.3 Å². The number of aliphatic hydroxyl groups is 1. The van der Waals surface area contributed by atoms with Crippen molar-refractivity contribution in [3.8, 4) is 11.3 Å². The van der Waals surface area contributed by atoms with Gasteiger partial charge < -0.3 is 25.5 Å². The summed E-state index contributed by atoms with van der Waals surface area (Å²) in [6.07, 6.45) is 6.73. The summed E-state index contributed by atoms with van der Waals surface area (Å²) in [5.74, 6) is 0.412. The van der Waals surface area contributed by atoms with Gasteiger partial charge in [-0.1, -0.05) is 31.4 Å². The van der Waals surface area contributed by atoms with Crippen LogP contribution in [-0.4, -0.2) is 90.7 Å². The Balaban J connectivity index is 1.69. The zero-order valence-corrected chi connectivity index (χ0v) is 24.8. The standard InChI is InChI=1S/C28H43N5O3S2/c1-5-33(17-16-32(2)3)27-30-24(20-38-27)21-9-11-22(12-10-21)25(35)31-28(14-7-6-8-15-28)26(36)29-23(19-34)13-18-37-4/h9-12,20,23,34H,5-8,13-19H2,1-4H3,(H,29,36)(H,31,35)/t23-/m0/s1. The third-order valence-electron chi connectivity index (χ3n) is 7.12. The number of benzene rings is 1. The number of rotatable bonds is 14. The molecule has 8 nitrogen and oxygen atoms in total. The number of carbonyl (C=O) groups excluding carboxylic acids is 2. The first-order valence-corrected chi connectivity index (χ1v) is 15.8. The third kappa shape index (κ3) is 8.18. The van der Waals surface area contributed by atoms with Crippen molar-refractivity contribution < 1.29 is 14.7 Å². The lowest BCUT2D eigenvalue weighted by Gasteiger charge is -2.37.